The number of anilines is 1. The van der Waals surface area contributed by atoms with Crippen molar-refractivity contribution in [3.05, 3.63) is 77.5 Å². The van der Waals surface area contributed by atoms with Crippen LogP contribution in [-0.2, 0) is 4.79 Å². The molecule has 8 heteroatoms. The smallest absolute Gasteiger partial charge is 0.294 e. The van der Waals surface area contributed by atoms with Crippen molar-refractivity contribution in [3.8, 4) is 5.75 Å². The molecular weight excluding hydrogens is 429 g/mol. The predicted octanol–water partition coefficient (Wildman–Crippen LogP) is 4.21. The van der Waals surface area contributed by atoms with Gasteiger partial charge in [-0.15, -0.1) is 0 Å². The van der Waals surface area contributed by atoms with Gasteiger partial charge in [0.2, 0.25) is 0 Å². The summed E-state index contributed by atoms with van der Waals surface area (Å²) in [6.07, 6.45) is 3.40. The van der Waals surface area contributed by atoms with Crippen LogP contribution in [0.1, 0.15) is 5.56 Å². The van der Waals surface area contributed by atoms with E-state index in [2.05, 4.69) is 16.4 Å². The number of benzene rings is 2. The zero-order chi connectivity index (χ0) is 22.5. The Hall–Kier alpha value is -3.10. The molecule has 166 valence electrons. The molecule has 0 N–H and O–H groups in total. The standard InChI is InChI=1S/C24H24FN3O3S/c1-2-15-31-21-9-3-18(4-10-21)16-22-23(29)28(24(30)32-22)17-26-11-13-27(14-12-26)20-7-5-19(25)6-8-20/h2-10,16H,1,11-15,17H2/b22-16+. The van der Waals surface area contributed by atoms with Crippen molar-refractivity contribution in [2.24, 2.45) is 0 Å². The van der Waals surface area contributed by atoms with Gasteiger partial charge in [0.15, 0.2) is 0 Å². The van der Waals surface area contributed by atoms with Gasteiger partial charge in [-0.1, -0.05) is 24.8 Å². The summed E-state index contributed by atoms with van der Waals surface area (Å²) in [6, 6.07) is 13.8. The zero-order valence-corrected chi connectivity index (χ0v) is 18.4. The van der Waals surface area contributed by atoms with Gasteiger partial charge in [-0.25, -0.2) is 4.39 Å². The molecule has 2 aromatic carbocycles. The third-order valence-electron chi connectivity index (χ3n) is 5.32. The quantitative estimate of drug-likeness (QED) is 0.463. The van der Waals surface area contributed by atoms with Gasteiger partial charge in [-0.3, -0.25) is 19.4 Å². The van der Waals surface area contributed by atoms with Crippen LogP contribution in [-0.4, -0.2) is 60.4 Å². The first-order valence-corrected chi connectivity index (χ1v) is 11.2. The summed E-state index contributed by atoms with van der Waals surface area (Å²) in [4.78, 5) is 31.3. The Bertz CT molecular complexity index is 1020. The Balaban J connectivity index is 1.33. The van der Waals surface area contributed by atoms with Gasteiger partial charge in [0.25, 0.3) is 11.1 Å². The molecule has 0 bridgehead atoms. The van der Waals surface area contributed by atoms with Gasteiger partial charge in [0.05, 0.1) is 11.6 Å². The number of carbonyl (C=O) groups is 2. The topological polar surface area (TPSA) is 53.1 Å². The average molecular weight is 454 g/mol. The third-order valence-corrected chi connectivity index (χ3v) is 6.23. The van der Waals surface area contributed by atoms with Gasteiger partial charge in [-0.2, -0.15) is 0 Å². The number of imide groups is 1. The van der Waals surface area contributed by atoms with E-state index in [0.717, 1.165) is 41.9 Å². The van der Waals surface area contributed by atoms with Crippen LogP contribution in [0, 0.1) is 5.82 Å². The van der Waals surface area contributed by atoms with E-state index in [-0.39, 0.29) is 23.6 Å². The van der Waals surface area contributed by atoms with Crippen LogP contribution < -0.4 is 9.64 Å². The molecule has 2 aliphatic rings. The SMILES string of the molecule is C=CCOc1ccc(/C=C2/SC(=O)N(CN3CCN(c4ccc(F)cc4)CC3)C2=O)cc1. The predicted molar refractivity (Wildman–Crippen MR) is 125 cm³/mol. The van der Waals surface area contributed by atoms with Crippen molar-refractivity contribution in [2.75, 3.05) is 44.4 Å². The molecule has 0 radical (unpaired) electrons. The van der Waals surface area contributed by atoms with E-state index in [1.165, 1.54) is 17.0 Å². The molecule has 0 aliphatic carbocycles. The van der Waals surface area contributed by atoms with Crippen molar-refractivity contribution in [2.45, 2.75) is 0 Å². The lowest BCUT2D eigenvalue weighted by Gasteiger charge is -2.37. The number of hydrogen-bond acceptors (Lipinski definition) is 6. The maximum absolute atomic E-state index is 13.1. The van der Waals surface area contributed by atoms with Crippen molar-refractivity contribution >= 4 is 34.7 Å². The number of rotatable bonds is 7. The fourth-order valence-electron chi connectivity index (χ4n) is 3.59. The third kappa shape index (κ3) is 5.20. The van der Waals surface area contributed by atoms with E-state index < -0.39 is 0 Å². The fraction of sp³-hybridized carbons (Fsp3) is 0.250. The van der Waals surface area contributed by atoms with E-state index in [4.69, 9.17) is 4.74 Å². The molecule has 4 rings (SSSR count). The monoisotopic (exact) mass is 453 g/mol. The van der Waals surface area contributed by atoms with Crippen molar-refractivity contribution in [1.29, 1.82) is 0 Å². The van der Waals surface area contributed by atoms with E-state index in [9.17, 15) is 14.0 Å². The molecule has 2 amide bonds. The number of amides is 2. The van der Waals surface area contributed by atoms with Gasteiger partial charge in [0.1, 0.15) is 18.2 Å². The van der Waals surface area contributed by atoms with Crippen molar-refractivity contribution < 1.29 is 18.7 Å². The molecule has 2 saturated heterocycles. The number of halogens is 1. The molecule has 2 fully saturated rings. The van der Waals surface area contributed by atoms with E-state index >= 15 is 0 Å². The molecule has 6 nitrogen and oxygen atoms in total. The van der Waals surface area contributed by atoms with Crippen LogP contribution in [0.2, 0.25) is 0 Å². The minimum atomic E-state index is -0.270. The molecule has 0 atom stereocenters. The second-order valence-electron chi connectivity index (χ2n) is 7.50. The summed E-state index contributed by atoms with van der Waals surface area (Å²) >= 11 is 0.963. The average Bonchev–Trinajstić information content (AvgIpc) is 3.07. The van der Waals surface area contributed by atoms with Gasteiger partial charge < -0.3 is 9.64 Å². The number of hydrogen-bond donors (Lipinski definition) is 0. The molecule has 0 saturated carbocycles. The Morgan fingerprint density at radius 2 is 1.69 bits per heavy atom. The van der Waals surface area contributed by atoms with E-state index in [1.807, 2.05) is 24.3 Å². The lowest BCUT2D eigenvalue weighted by Crippen LogP contribution is -2.50. The number of nitrogens with zero attached hydrogens (tertiary/aromatic N) is 3. The van der Waals surface area contributed by atoms with Crippen molar-refractivity contribution in [3.63, 3.8) is 0 Å². The summed E-state index contributed by atoms with van der Waals surface area (Å²) in [6.45, 7) is 7.24. The van der Waals surface area contributed by atoms with Crippen LogP contribution in [0.15, 0.2) is 66.1 Å². The highest BCUT2D eigenvalue weighted by atomic mass is 32.2. The van der Waals surface area contributed by atoms with Crippen LogP contribution in [0.25, 0.3) is 6.08 Å². The minimum Gasteiger partial charge on any atom is -0.490 e. The molecule has 0 aromatic heterocycles. The Morgan fingerprint density at radius 1 is 1.00 bits per heavy atom. The maximum Gasteiger partial charge on any atom is 0.294 e. The molecule has 2 aromatic rings. The van der Waals surface area contributed by atoms with Crippen LogP contribution in [0.5, 0.6) is 5.75 Å². The summed E-state index contributed by atoms with van der Waals surface area (Å²) in [5.74, 6) is 0.194. The highest BCUT2D eigenvalue weighted by Gasteiger charge is 2.36. The summed E-state index contributed by atoms with van der Waals surface area (Å²) in [5, 5.41) is -0.256. The molecule has 0 spiro atoms. The number of piperazine rings is 1. The minimum absolute atomic E-state index is 0.253. The van der Waals surface area contributed by atoms with Crippen LogP contribution in [0.3, 0.4) is 0 Å². The van der Waals surface area contributed by atoms with E-state index in [1.54, 1.807) is 24.3 Å². The van der Waals surface area contributed by atoms with Gasteiger partial charge in [-0.05, 0) is 59.8 Å². The number of thioether (sulfide) groups is 1. The Kier molecular flexibility index (Phi) is 6.92. The first-order chi connectivity index (χ1) is 15.5. The molecular formula is C24H24FN3O3S. The van der Waals surface area contributed by atoms with E-state index in [0.29, 0.717) is 24.6 Å². The lowest BCUT2D eigenvalue weighted by atomic mass is 10.2. The van der Waals surface area contributed by atoms with Crippen LogP contribution in [0.4, 0.5) is 14.9 Å². The fourth-order valence-corrected chi connectivity index (χ4v) is 4.42. The molecule has 0 unspecified atom stereocenters. The highest BCUT2D eigenvalue weighted by Crippen LogP contribution is 2.32. The second-order valence-corrected chi connectivity index (χ2v) is 8.49. The number of ether oxygens (including phenoxy) is 1. The maximum atomic E-state index is 13.1. The zero-order valence-electron chi connectivity index (χ0n) is 17.6. The van der Waals surface area contributed by atoms with Crippen molar-refractivity contribution in [1.82, 2.24) is 9.80 Å². The second kappa shape index (κ2) is 10.0. The highest BCUT2D eigenvalue weighted by molar-refractivity contribution is 8.18. The van der Waals surface area contributed by atoms with Crippen LogP contribution >= 0.6 is 11.8 Å². The largest absolute Gasteiger partial charge is 0.490 e. The summed E-state index contributed by atoms with van der Waals surface area (Å²) < 4.78 is 18.6. The number of carbonyl (C=O) groups excluding carboxylic acids is 2. The summed E-state index contributed by atoms with van der Waals surface area (Å²) in [7, 11) is 0. The molecule has 2 aliphatic heterocycles. The van der Waals surface area contributed by atoms with Gasteiger partial charge in [0, 0.05) is 31.9 Å². The first-order valence-electron chi connectivity index (χ1n) is 10.4. The van der Waals surface area contributed by atoms with Gasteiger partial charge >= 0.3 is 0 Å². The Morgan fingerprint density at radius 3 is 2.34 bits per heavy atom. The molecule has 2 heterocycles. The first kappa shape index (κ1) is 22.1. The normalized spacial score (nSPS) is 18.5. The lowest BCUT2D eigenvalue weighted by molar-refractivity contribution is -0.124. The Labute approximate surface area is 190 Å². The summed E-state index contributed by atoms with van der Waals surface area (Å²) in [5.41, 5.74) is 1.80. The molecule has 32 heavy (non-hydrogen) atoms.